The summed E-state index contributed by atoms with van der Waals surface area (Å²) in [4.78, 5) is 2.00. The molecule has 96 valence electrons. The van der Waals surface area contributed by atoms with Gasteiger partial charge in [0, 0.05) is 18.1 Å². The fourth-order valence-electron chi connectivity index (χ4n) is 1.77. The van der Waals surface area contributed by atoms with E-state index >= 15 is 0 Å². The third-order valence-corrected chi connectivity index (χ3v) is 2.83. The second-order valence-electron chi connectivity index (χ2n) is 4.47. The van der Waals surface area contributed by atoms with Crippen molar-refractivity contribution in [1.82, 2.24) is 4.90 Å². The molecule has 0 amide bonds. The van der Waals surface area contributed by atoms with Crippen LogP contribution in [0.2, 0.25) is 5.02 Å². The van der Waals surface area contributed by atoms with Gasteiger partial charge in [0.2, 0.25) is 0 Å². The Morgan fingerprint density at radius 2 is 2.06 bits per heavy atom. The topological polar surface area (TPSA) is 43.7 Å². The van der Waals surface area contributed by atoms with E-state index in [9.17, 15) is 10.2 Å². The molecule has 2 unspecified atom stereocenters. The van der Waals surface area contributed by atoms with Crippen LogP contribution in [0.25, 0.3) is 0 Å². The molecule has 0 heterocycles. The molecule has 0 saturated carbocycles. The summed E-state index contributed by atoms with van der Waals surface area (Å²) >= 11 is 5.87. The Kier molecular flexibility index (Phi) is 5.92. The van der Waals surface area contributed by atoms with E-state index in [0.29, 0.717) is 18.0 Å². The summed E-state index contributed by atoms with van der Waals surface area (Å²) in [5.41, 5.74) is 0.836. The minimum atomic E-state index is -0.509. The number of likely N-dealkylation sites (N-methyl/N-ethyl adjacent to an activating group) is 1. The lowest BCUT2D eigenvalue weighted by atomic mass is 10.1. The normalized spacial score (nSPS) is 14.9. The summed E-state index contributed by atoms with van der Waals surface area (Å²) in [5.74, 6) is 0. The quantitative estimate of drug-likeness (QED) is 0.820. The molecule has 4 heteroatoms. The molecular weight excluding hydrogens is 238 g/mol. The van der Waals surface area contributed by atoms with Crippen LogP contribution in [0.3, 0.4) is 0 Å². The van der Waals surface area contributed by atoms with Gasteiger partial charge in [-0.25, -0.2) is 0 Å². The number of hydrogen-bond acceptors (Lipinski definition) is 3. The molecule has 2 N–H and O–H groups in total. The summed E-state index contributed by atoms with van der Waals surface area (Å²) in [6.45, 7) is 3.10. The van der Waals surface area contributed by atoms with Crippen molar-refractivity contribution < 1.29 is 10.2 Å². The van der Waals surface area contributed by atoms with Crippen molar-refractivity contribution in [1.29, 1.82) is 0 Å². The zero-order chi connectivity index (χ0) is 12.8. The van der Waals surface area contributed by atoms with Crippen molar-refractivity contribution in [2.45, 2.75) is 25.6 Å². The molecule has 1 rings (SSSR count). The van der Waals surface area contributed by atoms with Crippen LogP contribution in [0, 0.1) is 0 Å². The zero-order valence-corrected chi connectivity index (χ0v) is 11.1. The van der Waals surface area contributed by atoms with E-state index in [1.807, 2.05) is 24.1 Å². The highest BCUT2D eigenvalue weighted by molar-refractivity contribution is 6.30. The molecule has 0 aromatic heterocycles. The molecule has 17 heavy (non-hydrogen) atoms. The SMILES string of the molecule is CC(O)CN(C)CCC(O)c1cccc(Cl)c1. The predicted molar refractivity (Wildman–Crippen MR) is 70.2 cm³/mol. The molecule has 0 aliphatic rings. The van der Waals surface area contributed by atoms with E-state index in [4.69, 9.17) is 11.6 Å². The van der Waals surface area contributed by atoms with Crippen molar-refractivity contribution in [2.24, 2.45) is 0 Å². The fourth-order valence-corrected chi connectivity index (χ4v) is 1.96. The van der Waals surface area contributed by atoms with Gasteiger partial charge in [-0.05, 0) is 38.1 Å². The summed E-state index contributed by atoms with van der Waals surface area (Å²) in [7, 11) is 1.93. The minimum absolute atomic E-state index is 0.344. The number of rotatable bonds is 6. The lowest BCUT2D eigenvalue weighted by Crippen LogP contribution is -2.28. The molecular formula is C13H20ClNO2. The highest BCUT2D eigenvalue weighted by Crippen LogP contribution is 2.20. The van der Waals surface area contributed by atoms with E-state index in [1.165, 1.54) is 0 Å². The van der Waals surface area contributed by atoms with E-state index in [2.05, 4.69) is 0 Å². The number of benzene rings is 1. The van der Waals surface area contributed by atoms with Gasteiger partial charge < -0.3 is 15.1 Å². The van der Waals surface area contributed by atoms with Gasteiger partial charge in [-0.2, -0.15) is 0 Å². The lowest BCUT2D eigenvalue weighted by molar-refractivity contribution is 0.116. The second kappa shape index (κ2) is 6.97. The van der Waals surface area contributed by atoms with Crippen molar-refractivity contribution in [3.8, 4) is 0 Å². The zero-order valence-electron chi connectivity index (χ0n) is 10.3. The van der Waals surface area contributed by atoms with Gasteiger partial charge in [-0.15, -0.1) is 0 Å². The Hall–Kier alpha value is -0.610. The summed E-state index contributed by atoms with van der Waals surface area (Å²) in [5, 5.41) is 19.8. The number of aliphatic hydroxyl groups is 2. The fraction of sp³-hybridized carbons (Fsp3) is 0.538. The number of aliphatic hydroxyl groups excluding tert-OH is 2. The number of nitrogens with zero attached hydrogens (tertiary/aromatic N) is 1. The monoisotopic (exact) mass is 257 g/mol. The van der Waals surface area contributed by atoms with Crippen molar-refractivity contribution in [2.75, 3.05) is 20.1 Å². The molecule has 0 saturated heterocycles. The van der Waals surface area contributed by atoms with Crippen LogP contribution in [-0.2, 0) is 0 Å². The Morgan fingerprint density at radius 3 is 2.65 bits per heavy atom. The maximum absolute atomic E-state index is 9.98. The Balaban J connectivity index is 2.42. The molecule has 0 aliphatic carbocycles. The predicted octanol–water partition coefficient (Wildman–Crippen LogP) is 2.08. The van der Waals surface area contributed by atoms with Crippen LogP contribution in [0.5, 0.6) is 0 Å². The van der Waals surface area contributed by atoms with Crippen LogP contribution in [-0.4, -0.2) is 41.4 Å². The van der Waals surface area contributed by atoms with E-state index in [-0.39, 0.29) is 6.10 Å². The van der Waals surface area contributed by atoms with E-state index in [1.54, 1.807) is 19.1 Å². The summed E-state index contributed by atoms with van der Waals surface area (Å²) in [6.07, 6.45) is -0.225. The maximum atomic E-state index is 9.98. The lowest BCUT2D eigenvalue weighted by Gasteiger charge is -2.20. The highest BCUT2D eigenvalue weighted by Gasteiger charge is 2.10. The molecule has 2 atom stereocenters. The molecule has 3 nitrogen and oxygen atoms in total. The van der Waals surface area contributed by atoms with E-state index in [0.717, 1.165) is 12.1 Å². The van der Waals surface area contributed by atoms with Gasteiger partial charge in [0.25, 0.3) is 0 Å². The summed E-state index contributed by atoms with van der Waals surface area (Å²) in [6, 6.07) is 7.27. The first-order valence-electron chi connectivity index (χ1n) is 5.79. The van der Waals surface area contributed by atoms with Crippen LogP contribution in [0.15, 0.2) is 24.3 Å². The number of halogens is 1. The Morgan fingerprint density at radius 1 is 1.35 bits per heavy atom. The van der Waals surface area contributed by atoms with Gasteiger partial charge >= 0.3 is 0 Å². The Bertz CT molecular complexity index is 344. The molecule has 0 radical (unpaired) electrons. The first-order valence-corrected chi connectivity index (χ1v) is 6.17. The van der Waals surface area contributed by atoms with Crippen LogP contribution < -0.4 is 0 Å². The van der Waals surface area contributed by atoms with Crippen molar-refractivity contribution >= 4 is 11.6 Å². The molecule has 0 spiro atoms. The van der Waals surface area contributed by atoms with Gasteiger partial charge in [-0.1, -0.05) is 23.7 Å². The van der Waals surface area contributed by atoms with Crippen LogP contribution in [0.1, 0.15) is 25.0 Å². The average Bonchev–Trinajstić information content (AvgIpc) is 2.25. The molecule has 1 aromatic carbocycles. The first kappa shape index (κ1) is 14.5. The van der Waals surface area contributed by atoms with Crippen molar-refractivity contribution in [3.63, 3.8) is 0 Å². The van der Waals surface area contributed by atoms with Crippen LogP contribution in [0.4, 0.5) is 0 Å². The van der Waals surface area contributed by atoms with Gasteiger partial charge in [0.05, 0.1) is 12.2 Å². The smallest absolute Gasteiger partial charge is 0.0802 e. The van der Waals surface area contributed by atoms with Gasteiger partial charge in [-0.3, -0.25) is 0 Å². The first-order chi connectivity index (χ1) is 7.99. The third-order valence-electron chi connectivity index (χ3n) is 2.59. The summed E-state index contributed by atoms with van der Waals surface area (Å²) < 4.78 is 0. The molecule has 0 fully saturated rings. The van der Waals surface area contributed by atoms with Crippen LogP contribution >= 0.6 is 11.6 Å². The largest absolute Gasteiger partial charge is 0.392 e. The van der Waals surface area contributed by atoms with Gasteiger partial charge in [0.1, 0.15) is 0 Å². The van der Waals surface area contributed by atoms with E-state index < -0.39 is 6.10 Å². The van der Waals surface area contributed by atoms with Crippen molar-refractivity contribution in [3.05, 3.63) is 34.9 Å². The minimum Gasteiger partial charge on any atom is -0.392 e. The maximum Gasteiger partial charge on any atom is 0.0802 e. The highest BCUT2D eigenvalue weighted by atomic mass is 35.5. The average molecular weight is 258 g/mol. The number of hydrogen-bond donors (Lipinski definition) is 2. The molecule has 1 aromatic rings. The standard InChI is InChI=1S/C13H20ClNO2/c1-10(16)9-15(2)7-6-13(17)11-4-3-5-12(14)8-11/h3-5,8,10,13,16-17H,6-7,9H2,1-2H3. The molecule has 0 aliphatic heterocycles. The third kappa shape index (κ3) is 5.50. The second-order valence-corrected chi connectivity index (χ2v) is 4.91. The Labute approximate surface area is 108 Å². The van der Waals surface area contributed by atoms with Gasteiger partial charge in [0.15, 0.2) is 0 Å². The molecule has 0 bridgehead atoms.